The van der Waals surface area contributed by atoms with Crippen LogP contribution >= 0.6 is 0 Å². The molecule has 0 radical (unpaired) electrons. The molecule has 0 aliphatic heterocycles. The van der Waals surface area contributed by atoms with Crippen LogP contribution in [-0.4, -0.2) is 4.98 Å². The van der Waals surface area contributed by atoms with Crippen LogP contribution in [0, 0.1) is 0 Å². The van der Waals surface area contributed by atoms with Crippen LogP contribution < -0.4 is 0 Å². The Morgan fingerprint density at radius 3 is 3.27 bits per heavy atom. The molecule has 1 atom stereocenters. The van der Waals surface area contributed by atoms with Crippen molar-refractivity contribution in [1.82, 2.24) is 4.98 Å². The second-order valence-corrected chi connectivity index (χ2v) is 2.90. The van der Waals surface area contributed by atoms with E-state index < -0.39 is 6.17 Å². The fourth-order valence-corrected chi connectivity index (χ4v) is 1.55. The Kier molecular flexibility index (Phi) is 1.60. The third-order valence-electron chi connectivity index (χ3n) is 2.13. The topological polar surface area (TPSA) is 12.9 Å². The first-order chi connectivity index (χ1) is 5.38. The van der Waals surface area contributed by atoms with Crippen molar-refractivity contribution in [3.8, 4) is 0 Å². The second kappa shape index (κ2) is 2.61. The van der Waals surface area contributed by atoms with Gasteiger partial charge in [0.1, 0.15) is 6.17 Å². The van der Waals surface area contributed by atoms with Gasteiger partial charge >= 0.3 is 0 Å². The van der Waals surface area contributed by atoms with Gasteiger partial charge in [0.15, 0.2) is 0 Å². The number of hydrogen-bond acceptors (Lipinski definition) is 1. The fraction of sp³-hybridized carbons (Fsp3) is 0.444. The van der Waals surface area contributed by atoms with Crippen LogP contribution in [-0.2, 0) is 6.42 Å². The van der Waals surface area contributed by atoms with Crippen LogP contribution in [0.4, 0.5) is 4.39 Å². The zero-order valence-corrected chi connectivity index (χ0v) is 6.26. The van der Waals surface area contributed by atoms with E-state index in [0.717, 1.165) is 24.1 Å². The zero-order valence-electron chi connectivity index (χ0n) is 6.26. The molecule has 2 rings (SSSR count). The number of aryl methyl sites for hydroxylation is 1. The minimum Gasteiger partial charge on any atom is -0.261 e. The average molecular weight is 151 g/mol. The molecule has 0 bridgehead atoms. The summed E-state index contributed by atoms with van der Waals surface area (Å²) in [7, 11) is 0. The molecule has 0 saturated heterocycles. The number of nitrogens with zero attached hydrogens (tertiary/aromatic N) is 1. The summed E-state index contributed by atoms with van der Waals surface area (Å²) in [6.45, 7) is 0. The van der Waals surface area contributed by atoms with E-state index >= 15 is 0 Å². The van der Waals surface area contributed by atoms with E-state index in [0.29, 0.717) is 6.42 Å². The van der Waals surface area contributed by atoms with Crippen molar-refractivity contribution >= 4 is 0 Å². The molecule has 1 aliphatic carbocycles. The molecule has 0 spiro atoms. The van der Waals surface area contributed by atoms with Gasteiger partial charge in [-0.05, 0) is 25.3 Å². The third kappa shape index (κ3) is 1.13. The lowest BCUT2D eigenvalue weighted by atomic mass is 9.95. The number of rotatable bonds is 0. The van der Waals surface area contributed by atoms with Gasteiger partial charge in [0.25, 0.3) is 0 Å². The predicted molar refractivity (Wildman–Crippen MR) is 41.0 cm³/mol. The van der Waals surface area contributed by atoms with Gasteiger partial charge < -0.3 is 0 Å². The molecular weight excluding hydrogens is 141 g/mol. The molecule has 1 nitrogen and oxygen atoms in total. The van der Waals surface area contributed by atoms with Crippen LogP contribution in [0.15, 0.2) is 18.3 Å². The second-order valence-electron chi connectivity index (χ2n) is 2.90. The number of aromatic nitrogens is 1. The molecule has 0 amide bonds. The number of fused-ring (bicyclic) bond motifs is 1. The van der Waals surface area contributed by atoms with Gasteiger partial charge in [-0.3, -0.25) is 4.98 Å². The Bertz CT molecular complexity index is 259. The monoisotopic (exact) mass is 151 g/mol. The van der Waals surface area contributed by atoms with Gasteiger partial charge in [0.2, 0.25) is 0 Å². The van der Waals surface area contributed by atoms with Crippen molar-refractivity contribution in [3.63, 3.8) is 0 Å². The summed E-state index contributed by atoms with van der Waals surface area (Å²) in [5.41, 5.74) is 1.75. The first-order valence-corrected chi connectivity index (χ1v) is 3.96. The highest BCUT2D eigenvalue weighted by Gasteiger charge is 2.19. The Balaban J connectivity index is 2.44. The van der Waals surface area contributed by atoms with Crippen molar-refractivity contribution in [2.75, 3.05) is 0 Å². The van der Waals surface area contributed by atoms with Crippen molar-refractivity contribution in [3.05, 3.63) is 29.6 Å². The van der Waals surface area contributed by atoms with Crippen LogP contribution in [0.5, 0.6) is 0 Å². The molecule has 11 heavy (non-hydrogen) atoms. The van der Waals surface area contributed by atoms with Crippen molar-refractivity contribution in [2.45, 2.75) is 25.4 Å². The van der Waals surface area contributed by atoms with E-state index in [1.807, 2.05) is 6.07 Å². The minimum absolute atomic E-state index is 0.665. The summed E-state index contributed by atoms with van der Waals surface area (Å²) in [4.78, 5) is 4.13. The Labute approximate surface area is 65.3 Å². The predicted octanol–water partition coefficient (Wildman–Crippen LogP) is 2.43. The molecule has 1 aromatic heterocycles. The van der Waals surface area contributed by atoms with Crippen molar-refractivity contribution in [2.24, 2.45) is 0 Å². The van der Waals surface area contributed by atoms with Crippen LogP contribution in [0.3, 0.4) is 0 Å². The molecule has 1 heterocycles. The standard InChI is InChI=1S/C9H10FN/c10-8-4-1-5-9-7(8)3-2-6-11-9/h2-3,6,8H,1,4-5H2/t8-/m0/s1. The van der Waals surface area contributed by atoms with E-state index in [4.69, 9.17) is 0 Å². The van der Waals surface area contributed by atoms with Crippen molar-refractivity contribution in [1.29, 1.82) is 0 Å². The molecule has 0 aromatic carbocycles. The fourth-order valence-electron chi connectivity index (χ4n) is 1.55. The van der Waals surface area contributed by atoms with Crippen LogP contribution in [0.2, 0.25) is 0 Å². The summed E-state index contributed by atoms with van der Waals surface area (Å²) < 4.78 is 13.1. The van der Waals surface area contributed by atoms with E-state index in [1.54, 1.807) is 12.3 Å². The lowest BCUT2D eigenvalue weighted by molar-refractivity contribution is 0.300. The molecule has 58 valence electrons. The maximum atomic E-state index is 13.1. The molecule has 0 unspecified atom stereocenters. The van der Waals surface area contributed by atoms with Gasteiger partial charge in [-0.15, -0.1) is 0 Å². The normalized spacial score (nSPS) is 22.8. The molecule has 0 N–H and O–H groups in total. The molecular formula is C9H10FN. The quantitative estimate of drug-likeness (QED) is 0.555. The summed E-state index contributed by atoms with van der Waals surface area (Å²) in [5.74, 6) is 0. The molecule has 0 saturated carbocycles. The summed E-state index contributed by atoms with van der Waals surface area (Å²) in [5, 5.41) is 0. The van der Waals surface area contributed by atoms with E-state index in [-0.39, 0.29) is 0 Å². The van der Waals surface area contributed by atoms with Crippen LogP contribution in [0.1, 0.15) is 30.3 Å². The molecule has 0 fully saturated rings. The largest absolute Gasteiger partial charge is 0.261 e. The molecule has 1 aliphatic rings. The van der Waals surface area contributed by atoms with Crippen LogP contribution in [0.25, 0.3) is 0 Å². The average Bonchev–Trinajstić information content (AvgIpc) is 2.06. The lowest BCUT2D eigenvalue weighted by Crippen LogP contribution is -2.07. The maximum Gasteiger partial charge on any atom is 0.127 e. The number of alkyl halides is 1. The first kappa shape index (κ1) is 6.77. The SMILES string of the molecule is F[C@H]1CCCc2ncccc21. The maximum absolute atomic E-state index is 13.1. The number of halogens is 1. The highest BCUT2D eigenvalue weighted by molar-refractivity contribution is 5.24. The van der Waals surface area contributed by atoms with Gasteiger partial charge in [-0.2, -0.15) is 0 Å². The van der Waals surface area contributed by atoms with Gasteiger partial charge in [0.05, 0.1) is 0 Å². The van der Waals surface area contributed by atoms with E-state index in [1.165, 1.54) is 0 Å². The Morgan fingerprint density at radius 1 is 1.55 bits per heavy atom. The zero-order chi connectivity index (χ0) is 7.68. The Hall–Kier alpha value is -0.920. The smallest absolute Gasteiger partial charge is 0.127 e. The summed E-state index contributed by atoms with van der Waals surface area (Å²) in [6, 6.07) is 3.64. The van der Waals surface area contributed by atoms with Gasteiger partial charge in [-0.1, -0.05) is 6.07 Å². The van der Waals surface area contributed by atoms with Crippen molar-refractivity contribution < 1.29 is 4.39 Å². The van der Waals surface area contributed by atoms with Gasteiger partial charge in [0, 0.05) is 17.5 Å². The van der Waals surface area contributed by atoms with E-state index in [9.17, 15) is 4.39 Å². The minimum atomic E-state index is -0.771. The lowest BCUT2D eigenvalue weighted by Gasteiger charge is -2.17. The molecule has 1 aromatic rings. The highest BCUT2D eigenvalue weighted by atomic mass is 19.1. The number of pyridine rings is 1. The highest BCUT2D eigenvalue weighted by Crippen LogP contribution is 2.30. The van der Waals surface area contributed by atoms with E-state index in [2.05, 4.69) is 4.98 Å². The van der Waals surface area contributed by atoms with Gasteiger partial charge in [-0.25, -0.2) is 4.39 Å². The third-order valence-corrected chi connectivity index (χ3v) is 2.13. The summed E-state index contributed by atoms with van der Waals surface area (Å²) >= 11 is 0. The molecule has 2 heteroatoms. The summed E-state index contributed by atoms with van der Waals surface area (Å²) in [6.07, 6.45) is 3.50. The Morgan fingerprint density at radius 2 is 2.45 bits per heavy atom. The first-order valence-electron chi connectivity index (χ1n) is 3.96. The number of hydrogen-bond donors (Lipinski definition) is 0.